The molecule has 1 heterocycles. The molecule has 1 saturated heterocycles. The number of amidine groups is 1. The number of hydrogen-bond donors (Lipinski definition) is 2. The van der Waals surface area contributed by atoms with E-state index in [9.17, 15) is 0 Å². The fourth-order valence-corrected chi connectivity index (χ4v) is 2.97. The van der Waals surface area contributed by atoms with Crippen LogP contribution >= 0.6 is 11.8 Å². The van der Waals surface area contributed by atoms with E-state index in [1.165, 1.54) is 37.6 Å². The Kier molecular flexibility index (Phi) is 6.12. The van der Waals surface area contributed by atoms with Crippen LogP contribution in [0.4, 0.5) is 0 Å². The normalized spacial score (nSPS) is 19.5. The molecule has 0 aromatic carbocycles. The summed E-state index contributed by atoms with van der Waals surface area (Å²) in [4.78, 5) is 2.53. The monoisotopic (exact) mass is 259 g/mol. The number of rotatable bonds is 6. The molecule has 1 rings (SSSR count). The molecule has 5 heteroatoms. The van der Waals surface area contributed by atoms with E-state index in [0.29, 0.717) is 5.84 Å². The van der Waals surface area contributed by atoms with Crippen molar-refractivity contribution in [3.8, 4) is 0 Å². The first-order valence-corrected chi connectivity index (χ1v) is 7.50. The van der Waals surface area contributed by atoms with Crippen molar-refractivity contribution < 1.29 is 5.21 Å². The van der Waals surface area contributed by atoms with E-state index in [4.69, 9.17) is 10.9 Å². The summed E-state index contributed by atoms with van der Waals surface area (Å²) in [5.74, 6) is 2.89. The second kappa shape index (κ2) is 7.11. The number of thioether (sulfide) groups is 1. The molecule has 0 aromatic rings. The molecule has 1 fully saturated rings. The topological polar surface area (TPSA) is 61.8 Å². The van der Waals surface area contributed by atoms with Gasteiger partial charge in [0.1, 0.15) is 5.84 Å². The van der Waals surface area contributed by atoms with Crippen molar-refractivity contribution in [1.29, 1.82) is 0 Å². The number of unbranched alkanes of at least 4 members (excludes halogenated alkanes) is 1. The van der Waals surface area contributed by atoms with Gasteiger partial charge in [0.25, 0.3) is 0 Å². The van der Waals surface area contributed by atoms with Gasteiger partial charge in [-0.15, -0.1) is 0 Å². The molecule has 0 radical (unpaired) electrons. The third-order valence-corrected chi connectivity index (χ3v) is 4.37. The maximum absolute atomic E-state index is 8.68. The molecule has 0 aromatic heterocycles. The van der Waals surface area contributed by atoms with E-state index < -0.39 is 0 Å². The lowest BCUT2D eigenvalue weighted by atomic mass is 9.86. The predicted molar refractivity (Wildman–Crippen MR) is 74.8 cm³/mol. The van der Waals surface area contributed by atoms with Crippen LogP contribution in [0.15, 0.2) is 5.16 Å². The van der Waals surface area contributed by atoms with Gasteiger partial charge in [0, 0.05) is 30.0 Å². The highest BCUT2D eigenvalue weighted by Crippen LogP contribution is 2.23. The molecule has 3 N–H and O–H groups in total. The molecule has 100 valence electrons. The third-order valence-electron chi connectivity index (χ3n) is 3.43. The average Bonchev–Trinajstić information content (AvgIpc) is 2.35. The summed E-state index contributed by atoms with van der Waals surface area (Å²) in [5, 5.41) is 11.8. The highest BCUT2D eigenvalue weighted by atomic mass is 32.2. The maximum Gasteiger partial charge on any atom is 0.144 e. The average molecular weight is 259 g/mol. The minimum absolute atomic E-state index is 0.188. The van der Waals surface area contributed by atoms with Gasteiger partial charge in [-0.2, -0.15) is 11.8 Å². The Morgan fingerprint density at radius 3 is 2.59 bits per heavy atom. The van der Waals surface area contributed by atoms with Crippen molar-refractivity contribution in [3.05, 3.63) is 0 Å². The molecular weight excluding hydrogens is 234 g/mol. The van der Waals surface area contributed by atoms with Crippen molar-refractivity contribution in [1.82, 2.24) is 4.90 Å². The fraction of sp³-hybridized carbons (Fsp3) is 0.917. The smallest absolute Gasteiger partial charge is 0.144 e. The first-order valence-electron chi connectivity index (χ1n) is 6.34. The van der Waals surface area contributed by atoms with E-state index in [0.717, 1.165) is 12.8 Å². The van der Waals surface area contributed by atoms with E-state index in [1.54, 1.807) is 0 Å². The molecule has 0 unspecified atom stereocenters. The van der Waals surface area contributed by atoms with Gasteiger partial charge < -0.3 is 15.8 Å². The van der Waals surface area contributed by atoms with Crippen molar-refractivity contribution >= 4 is 17.6 Å². The van der Waals surface area contributed by atoms with Gasteiger partial charge >= 0.3 is 0 Å². The SMILES string of the molecule is CC(C)(CCCCN1CCSCC1)C(N)=NO. The Labute approximate surface area is 109 Å². The fourth-order valence-electron chi connectivity index (χ4n) is 1.99. The lowest BCUT2D eigenvalue weighted by Crippen LogP contribution is -2.34. The summed E-state index contributed by atoms with van der Waals surface area (Å²) >= 11 is 2.05. The van der Waals surface area contributed by atoms with E-state index in [-0.39, 0.29) is 5.41 Å². The lowest BCUT2D eigenvalue weighted by molar-refractivity contribution is 0.283. The highest BCUT2D eigenvalue weighted by Gasteiger charge is 2.22. The van der Waals surface area contributed by atoms with Crippen molar-refractivity contribution in [2.24, 2.45) is 16.3 Å². The van der Waals surface area contributed by atoms with Crippen LogP contribution < -0.4 is 5.73 Å². The van der Waals surface area contributed by atoms with E-state index in [2.05, 4.69) is 10.1 Å². The highest BCUT2D eigenvalue weighted by molar-refractivity contribution is 7.99. The van der Waals surface area contributed by atoms with Crippen LogP contribution in [-0.2, 0) is 0 Å². The van der Waals surface area contributed by atoms with Crippen LogP contribution in [0.3, 0.4) is 0 Å². The number of nitrogens with zero attached hydrogens (tertiary/aromatic N) is 2. The molecule has 0 bridgehead atoms. The molecule has 0 atom stereocenters. The summed E-state index contributed by atoms with van der Waals surface area (Å²) in [6, 6.07) is 0. The molecule has 17 heavy (non-hydrogen) atoms. The van der Waals surface area contributed by atoms with Gasteiger partial charge in [-0.1, -0.05) is 25.4 Å². The lowest BCUT2D eigenvalue weighted by Gasteiger charge is -2.27. The first-order chi connectivity index (χ1) is 8.06. The minimum atomic E-state index is -0.188. The van der Waals surface area contributed by atoms with Gasteiger partial charge in [-0.05, 0) is 19.4 Å². The number of nitrogens with two attached hydrogens (primary N) is 1. The second-order valence-electron chi connectivity index (χ2n) is 5.28. The number of oxime groups is 1. The third kappa shape index (κ3) is 5.17. The Morgan fingerprint density at radius 2 is 2.00 bits per heavy atom. The Morgan fingerprint density at radius 1 is 1.35 bits per heavy atom. The summed E-state index contributed by atoms with van der Waals surface area (Å²) in [7, 11) is 0. The molecule has 1 aliphatic rings. The molecule has 0 amide bonds. The van der Waals surface area contributed by atoms with Gasteiger partial charge in [0.2, 0.25) is 0 Å². The van der Waals surface area contributed by atoms with Crippen LogP contribution in [0.1, 0.15) is 33.1 Å². The first kappa shape index (κ1) is 14.6. The number of hydrogen-bond acceptors (Lipinski definition) is 4. The van der Waals surface area contributed by atoms with Crippen molar-refractivity contribution in [2.45, 2.75) is 33.1 Å². The van der Waals surface area contributed by atoms with Gasteiger partial charge in [0.05, 0.1) is 0 Å². The summed E-state index contributed by atoms with van der Waals surface area (Å²) < 4.78 is 0. The van der Waals surface area contributed by atoms with Gasteiger partial charge in [-0.3, -0.25) is 0 Å². The maximum atomic E-state index is 8.68. The Hall–Kier alpha value is -0.420. The van der Waals surface area contributed by atoms with Crippen LogP contribution in [0.2, 0.25) is 0 Å². The van der Waals surface area contributed by atoms with E-state index >= 15 is 0 Å². The molecule has 0 spiro atoms. The summed E-state index contributed by atoms with van der Waals surface area (Å²) in [6.45, 7) is 7.70. The van der Waals surface area contributed by atoms with Gasteiger partial charge in [-0.25, -0.2) is 0 Å². The quantitative estimate of drug-likeness (QED) is 0.252. The van der Waals surface area contributed by atoms with Crippen LogP contribution in [-0.4, -0.2) is 47.1 Å². The molecule has 4 nitrogen and oxygen atoms in total. The zero-order valence-electron chi connectivity index (χ0n) is 11.0. The molecule has 0 saturated carbocycles. The zero-order chi connectivity index (χ0) is 12.7. The van der Waals surface area contributed by atoms with E-state index in [1.807, 2.05) is 25.6 Å². The van der Waals surface area contributed by atoms with Crippen molar-refractivity contribution in [2.75, 3.05) is 31.1 Å². The molecule has 0 aliphatic carbocycles. The Bertz CT molecular complexity index is 250. The minimum Gasteiger partial charge on any atom is -0.409 e. The van der Waals surface area contributed by atoms with Gasteiger partial charge in [0.15, 0.2) is 0 Å². The summed E-state index contributed by atoms with van der Waals surface area (Å²) in [6.07, 6.45) is 3.31. The molecule has 1 aliphatic heterocycles. The summed E-state index contributed by atoms with van der Waals surface area (Å²) in [5.41, 5.74) is 5.47. The predicted octanol–water partition coefficient (Wildman–Crippen LogP) is 1.98. The van der Waals surface area contributed by atoms with Crippen LogP contribution in [0, 0.1) is 5.41 Å². The second-order valence-corrected chi connectivity index (χ2v) is 6.50. The Balaban J connectivity index is 2.14. The van der Waals surface area contributed by atoms with Crippen molar-refractivity contribution in [3.63, 3.8) is 0 Å². The zero-order valence-corrected chi connectivity index (χ0v) is 11.8. The largest absolute Gasteiger partial charge is 0.409 e. The standard InChI is InChI=1S/C12H25N3OS/c1-12(2,11(13)14-16)5-3-4-6-15-7-9-17-10-8-15/h16H,3-10H2,1-2H3,(H2,13,14). The molecular formula is C12H25N3OS. The van der Waals surface area contributed by atoms with Crippen LogP contribution in [0.25, 0.3) is 0 Å². The van der Waals surface area contributed by atoms with Crippen LogP contribution in [0.5, 0.6) is 0 Å².